The zero-order valence-corrected chi connectivity index (χ0v) is 12.5. The minimum atomic E-state index is -0.946. The number of rotatable bonds is 5. The summed E-state index contributed by atoms with van der Waals surface area (Å²) in [6.07, 6.45) is 0. The van der Waals surface area contributed by atoms with Crippen molar-refractivity contribution in [3.63, 3.8) is 0 Å². The lowest BCUT2D eigenvalue weighted by molar-refractivity contribution is 0.0696. The molecule has 0 aromatic heterocycles. The number of nitrogens with one attached hydrogen (secondary N) is 1. The summed E-state index contributed by atoms with van der Waals surface area (Å²) in [4.78, 5) is 10.9. The molecule has 2 aromatic rings. The average Bonchev–Trinajstić information content (AvgIpc) is 2.45. The number of anilines is 1. The van der Waals surface area contributed by atoms with Crippen LogP contribution in [-0.2, 0) is 6.54 Å². The second-order valence-corrected chi connectivity index (χ2v) is 5.06. The number of hydrogen-bond acceptors (Lipinski definition) is 3. The fraction of sp³-hybridized carbons (Fsp3) is 0.133. The lowest BCUT2D eigenvalue weighted by Crippen LogP contribution is -2.02. The molecule has 0 aliphatic heterocycles. The van der Waals surface area contributed by atoms with Crippen molar-refractivity contribution in [2.75, 3.05) is 12.4 Å². The van der Waals surface area contributed by atoms with E-state index < -0.39 is 5.97 Å². The first kappa shape index (κ1) is 14.4. The van der Waals surface area contributed by atoms with Crippen LogP contribution in [0.4, 0.5) is 5.69 Å². The highest BCUT2D eigenvalue weighted by molar-refractivity contribution is 9.10. The number of carboxylic acids is 1. The van der Waals surface area contributed by atoms with E-state index in [1.54, 1.807) is 25.3 Å². The average molecular weight is 336 g/mol. The zero-order chi connectivity index (χ0) is 14.5. The molecule has 2 N–H and O–H groups in total. The molecule has 0 aliphatic carbocycles. The van der Waals surface area contributed by atoms with Crippen LogP contribution < -0.4 is 10.1 Å². The van der Waals surface area contributed by atoms with Gasteiger partial charge in [0.05, 0.1) is 12.7 Å². The summed E-state index contributed by atoms with van der Waals surface area (Å²) in [5.74, 6) is -0.124. The number of ether oxygens (including phenoxy) is 1. The van der Waals surface area contributed by atoms with E-state index in [-0.39, 0.29) is 5.56 Å². The van der Waals surface area contributed by atoms with Crippen LogP contribution in [0.25, 0.3) is 0 Å². The molecule has 0 amide bonds. The molecule has 0 radical (unpaired) electrons. The minimum Gasteiger partial charge on any atom is -0.497 e. The van der Waals surface area contributed by atoms with Crippen LogP contribution in [0, 0.1) is 0 Å². The predicted molar refractivity (Wildman–Crippen MR) is 81.4 cm³/mol. The molecule has 0 fully saturated rings. The van der Waals surface area contributed by atoms with E-state index >= 15 is 0 Å². The van der Waals surface area contributed by atoms with Gasteiger partial charge in [0.1, 0.15) is 5.75 Å². The number of benzene rings is 2. The summed E-state index contributed by atoms with van der Waals surface area (Å²) in [5.41, 5.74) is 2.22. The Balaban J connectivity index is 2.03. The van der Waals surface area contributed by atoms with Crippen LogP contribution in [0.3, 0.4) is 0 Å². The van der Waals surface area contributed by atoms with Crippen LogP contribution in [0.5, 0.6) is 5.75 Å². The van der Waals surface area contributed by atoms with Crippen LogP contribution in [0.15, 0.2) is 46.9 Å². The Morgan fingerprint density at radius 3 is 2.50 bits per heavy atom. The van der Waals surface area contributed by atoms with Crippen molar-refractivity contribution in [2.24, 2.45) is 0 Å². The SMILES string of the molecule is COc1ccc(CNc2ccc(C(=O)O)c(Br)c2)cc1. The molecule has 4 nitrogen and oxygen atoms in total. The number of aromatic carboxylic acids is 1. The molecule has 2 rings (SSSR count). The second-order valence-electron chi connectivity index (χ2n) is 4.20. The first-order valence-electron chi connectivity index (χ1n) is 6.00. The molecule has 0 bridgehead atoms. The van der Waals surface area contributed by atoms with Crippen LogP contribution >= 0.6 is 15.9 Å². The molecule has 0 heterocycles. The van der Waals surface area contributed by atoms with E-state index in [0.29, 0.717) is 11.0 Å². The third-order valence-corrected chi connectivity index (χ3v) is 3.51. The molecule has 20 heavy (non-hydrogen) atoms. The van der Waals surface area contributed by atoms with Crippen LogP contribution in [-0.4, -0.2) is 18.2 Å². The van der Waals surface area contributed by atoms with Gasteiger partial charge in [-0.2, -0.15) is 0 Å². The van der Waals surface area contributed by atoms with Crippen molar-refractivity contribution in [3.8, 4) is 5.75 Å². The van der Waals surface area contributed by atoms with Crippen molar-refractivity contribution in [1.29, 1.82) is 0 Å². The van der Waals surface area contributed by atoms with Gasteiger partial charge in [-0.25, -0.2) is 4.79 Å². The fourth-order valence-corrected chi connectivity index (χ4v) is 2.29. The van der Waals surface area contributed by atoms with Gasteiger partial charge in [0.15, 0.2) is 0 Å². The van der Waals surface area contributed by atoms with Gasteiger partial charge >= 0.3 is 5.97 Å². The molecular formula is C15H14BrNO3. The number of carbonyl (C=O) groups is 1. The fourth-order valence-electron chi connectivity index (χ4n) is 1.75. The van der Waals surface area contributed by atoms with Crippen molar-refractivity contribution in [1.82, 2.24) is 0 Å². The number of hydrogen-bond donors (Lipinski definition) is 2. The smallest absolute Gasteiger partial charge is 0.336 e. The molecule has 2 aromatic carbocycles. The van der Waals surface area contributed by atoms with E-state index in [4.69, 9.17) is 9.84 Å². The van der Waals surface area contributed by atoms with E-state index in [2.05, 4.69) is 21.2 Å². The highest BCUT2D eigenvalue weighted by Gasteiger charge is 2.08. The first-order valence-corrected chi connectivity index (χ1v) is 6.79. The number of carboxylic acid groups (broad SMARTS) is 1. The van der Waals surface area contributed by atoms with Gasteiger partial charge in [0.25, 0.3) is 0 Å². The predicted octanol–water partition coefficient (Wildman–Crippen LogP) is 3.77. The molecule has 0 atom stereocenters. The van der Waals surface area contributed by atoms with Gasteiger partial charge in [-0.15, -0.1) is 0 Å². The Morgan fingerprint density at radius 2 is 1.95 bits per heavy atom. The Morgan fingerprint density at radius 1 is 1.25 bits per heavy atom. The Labute approximate surface area is 125 Å². The number of methoxy groups -OCH3 is 1. The third kappa shape index (κ3) is 3.51. The lowest BCUT2D eigenvalue weighted by atomic mass is 10.2. The summed E-state index contributed by atoms with van der Waals surface area (Å²) < 4.78 is 5.66. The molecule has 0 saturated heterocycles. The van der Waals surface area contributed by atoms with E-state index in [1.807, 2.05) is 24.3 Å². The van der Waals surface area contributed by atoms with Crippen LogP contribution in [0.1, 0.15) is 15.9 Å². The second kappa shape index (κ2) is 6.43. The van der Waals surface area contributed by atoms with E-state index in [0.717, 1.165) is 17.0 Å². The maximum Gasteiger partial charge on any atom is 0.336 e. The summed E-state index contributed by atoms with van der Waals surface area (Å²) in [6.45, 7) is 0.656. The van der Waals surface area contributed by atoms with Crippen molar-refractivity contribution >= 4 is 27.6 Å². The molecular weight excluding hydrogens is 322 g/mol. The first-order chi connectivity index (χ1) is 9.60. The highest BCUT2D eigenvalue weighted by atomic mass is 79.9. The standard InChI is InChI=1S/C15H14BrNO3/c1-20-12-5-2-10(3-6-12)9-17-11-4-7-13(15(18)19)14(16)8-11/h2-8,17H,9H2,1H3,(H,18,19). The largest absolute Gasteiger partial charge is 0.497 e. The number of halogens is 1. The van der Waals surface area contributed by atoms with Crippen LogP contribution in [0.2, 0.25) is 0 Å². The molecule has 104 valence electrons. The van der Waals surface area contributed by atoms with Gasteiger partial charge in [-0.05, 0) is 51.8 Å². The van der Waals surface area contributed by atoms with Crippen molar-refractivity contribution in [3.05, 3.63) is 58.1 Å². The quantitative estimate of drug-likeness (QED) is 0.873. The summed E-state index contributed by atoms with van der Waals surface area (Å²) in [7, 11) is 1.63. The topological polar surface area (TPSA) is 58.6 Å². The molecule has 0 saturated carbocycles. The van der Waals surface area contributed by atoms with Gasteiger partial charge in [0, 0.05) is 16.7 Å². The normalized spacial score (nSPS) is 10.1. The van der Waals surface area contributed by atoms with Gasteiger partial charge < -0.3 is 15.2 Å². The minimum absolute atomic E-state index is 0.250. The molecule has 0 spiro atoms. The zero-order valence-electron chi connectivity index (χ0n) is 10.9. The Bertz CT molecular complexity index is 611. The van der Waals surface area contributed by atoms with E-state index in [1.165, 1.54) is 0 Å². The van der Waals surface area contributed by atoms with Crippen molar-refractivity contribution < 1.29 is 14.6 Å². The monoisotopic (exact) mass is 335 g/mol. The Kier molecular flexibility index (Phi) is 4.63. The summed E-state index contributed by atoms with van der Waals surface area (Å²) in [6, 6.07) is 12.8. The van der Waals surface area contributed by atoms with Crippen molar-refractivity contribution in [2.45, 2.75) is 6.54 Å². The van der Waals surface area contributed by atoms with Gasteiger partial charge in [0.2, 0.25) is 0 Å². The molecule has 0 unspecified atom stereocenters. The maximum absolute atomic E-state index is 10.9. The molecule has 0 aliphatic rings. The third-order valence-electron chi connectivity index (χ3n) is 2.86. The highest BCUT2D eigenvalue weighted by Crippen LogP contribution is 2.22. The summed E-state index contributed by atoms with van der Waals surface area (Å²) >= 11 is 3.26. The maximum atomic E-state index is 10.9. The van der Waals surface area contributed by atoms with Gasteiger partial charge in [-0.1, -0.05) is 12.1 Å². The van der Waals surface area contributed by atoms with Gasteiger partial charge in [-0.3, -0.25) is 0 Å². The molecule has 5 heteroatoms. The summed E-state index contributed by atoms with van der Waals surface area (Å²) in [5, 5.41) is 12.2. The Hall–Kier alpha value is -2.01. The lowest BCUT2D eigenvalue weighted by Gasteiger charge is -2.09. The van der Waals surface area contributed by atoms with E-state index in [9.17, 15) is 4.79 Å².